The van der Waals surface area contributed by atoms with Crippen LogP contribution in [0.2, 0.25) is 5.02 Å². The average Bonchev–Trinajstić information content (AvgIpc) is 3.50. The lowest BCUT2D eigenvalue weighted by atomic mass is 9.92. The summed E-state index contributed by atoms with van der Waals surface area (Å²) in [6, 6.07) is 3.86. The number of ketones is 1. The van der Waals surface area contributed by atoms with Crippen LogP contribution in [0.1, 0.15) is 44.2 Å². The van der Waals surface area contributed by atoms with Crippen LogP contribution in [0.4, 0.5) is 10.1 Å². The highest BCUT2D eigenvalue weighted by Gasteiger charge is 2.46. The molecule has 1 saturated heterocycles. The number of hydrogen-bond donors (Lipinski definition) is 3. The molecule has 1 aromatic carbocycles. The molecule has 0 saturated carbocycles. The summed E-state index contributed by atoms with van der Waals surface area (Å²) in [5.41, 5.74) is 1.39. The molecular weight excluding hydrogens is 467 g/mol. The van der Waals surface area contributed by atoms with Crippen molar-refractivity contribution in [3.8, 4) is 0 Å². The van der Waals surface area contributed by atoms with E-state index < -0.39 is 29.0 Å². The second kappa shape index (κ2) is 8.33. The van der Waals surface area contributed by atoms with Crippen LogP contribution in [0, 0.1) is 12.7 Å². The number of ether oxygens (including phenoxy) is 1. The first-order valence-electron chi connectivity index (χ1n) is 10.6. The van der Waals surface area contributed by atoms with E-state index in [4.69, 9.17) is 16.3 Å². The quantitative estimate of drug-likeness (QED) is 0.361. The lowest BCUT2D eigenvalue weighted by molar-refractivity contribution is -0.130. The molecule has 2 aliphatic rings. The van der Waals surface area contributed by atoms with Gasteiger partial charge in [0.1, 0.15) is 22.7 Å². The van der Waals surface area contributed by atoms with Crippen LogP contribution in [0.15, 0.2) is 24.4 Å². The van der Waals surface area contributed by atoms with Gasteiger partial charge in [0.05, 0.1) is 23.8 Å². The Balaban J connectivity index is 1.43. The number of amides is 2. The van der Waals surface area contributed by atoms with E-state index in [-0.39, 0.29) is 29.5 Å². The summed E-state index contributed by atoms with van der Waals surface area (Å²) in [4.78, 5) is 39.4. The number of aromatic amines is 1. The number of nitrogens with one attached hydrogen (secondary N) is 3. The molecule has 12 heteroatoms. The molecule has 5 rings (SSSR count). The van der Waals surface area contributed by atoms with Crippen LogP contribution in [0.25, 0.3) is 0 Å². The van der Waals surface area contributed by atoms with Crippen molar-refractivity contribution in [2.75, 3.05) is 18.5 Å². The van der Waals surface area contributed by atoms with Gasteiger partial charge < -0.3 is 19.9 Å². The number of benzene rings is 1. The normalized spacial score (nSPS) is 16.0. The highest BCUT2D eigenvalue weighted by Crippen LogP contribution is 2.32. The second-order valence-corrected chi connectivity index (χ2v) is 8.76. The zero-order chi connectivity index (χ0) is 24.0. The topological polar surface area (TPSA) is 131 Å². The van der Waals surface area contributed by atoms with E-state index >= 15 is 0 Å². The van der Waals surface area contributed by atoms with Crippen LogP contribution in [0.3, 0.4) is 0 Å². The molecule has 176 valence electrons. The summed E-state index contributed by atoms with van der Waals surface area (Å²) < 4.78 is 20.5. The van der Waals surface area contributed by atoms with E-state index in [0.717, 1.165) is 12.5 Å². The highest BCUT2D eigenvalue weighted by atomic mass is 35.5. The molecule has 0 bridgehead atoms. The van der Waals surface area contributed by atoms with E-state index in [0.29, 0.717) is 35.6 Å². The molecule has 0 atom stereocenters. The summed E-state index contributed by atoms with van der Waals surface area (Å²) in [5, 5.41) is 15.5. The van der Waals surface area contributed by atoms with Crippen molar-refractivity contribution in [2.45, 2.75) is 31.8 Å². The number of halogens is 2. The van der Waals surface area contributed by atoms with E-state index in [9.17, 15) is 18.8 Å². The van der Waals surface area contributed by atoms with Gasteiger partial charge in [-0.15, -0.1) is 5.10 Å². The Morgan fingerprint density at radius 3 is 2.74 bits per heavy atom. The van der Waals surface area contributed by atoms with Crippen molar-refractivity contribution >= 4 is 34.9 Å². The van der Waals surface area contributed by atoms with Gasteiger partial charge in [-0.3, -0.25) is 19.5 Å². The summed E-state index contributed by atoms with van der Waals surface area (Å²) in [6.07, 6.45) is 2.83. The van der Waals surface area contributed by atoms with Crippen molar-refractivity contribution in [2.24, 2.45) is 0 Å². The molecule has 10 nitrogen and oxygen atoms in total. The maximum Gasteiger partial charge on any atom is 0.293 e. The minimum atomic E-state index is -0.932. The Morgan fingerprint density at radius 1 is 1.29 bits per heavy atom. The van der Waals surface area contributed by atoms with Gasteiger partial charge in [-0.1, -0.05) is 16.8 Å². The van der Waals surface area contributed by atoms with Gasteiger partial charge in [0.2, 0.25) is 0 Å². The lowest BCUT2D eigenvalue weighted by Gasteiger charge is -2.39. The number of Topliss-reactive ketones (excluding diaryl/α,β-unsaturated/α-hetero) is 1. The number of H-pyrrole nitrogens is 1. The SMILES string of the molecule is Cc1c(C(=O)C(=O)NC2(c3c[nH]nn3)COC2)c2n(c1C(=O)Nc1ccc(F)c(Cl)c1)CCC2. The number of carbonyl (C=O) groups excluding carboxylic acids is 3. The summed E-state index contributed by atoms with van der Waals surface area (Å²) in [7, 11) is 0. The van der Waals surface area contributed by atoms with E-state index in [1.165, 1.54) is 12.1 Å². The standard InChI is InChI=1S/C22H20ClFN6O4/c1-11-17(19(31)21(33)27-22(9-34-10-22)16-8-25-29-28-16)15-3-2-6-30(15)18(11)20(32)26-12-4-5-14(24)13(23)7-12/h4-5,7-8H,2-3,6,9-10H2,1H3,(H,26,32)(H,27,33)(H,25,28,29). The monoisotopic (exact) mass is 486 g/mol. The van der Waals surface area contributed by atoms with Crippen molar-refractivity contribution in [3.05, 3.63) is 63.4 Å². The molecule has 34 heavy (non-hydrogen) atoms. The summed E-state index contributed by atoms with van der Waals surface area (Å²) in [6.45, 7) is 2.51. The first-order chi connectivity index (χ1) is 16.3. The van der Waals surface area contributed by atoms with Gasteiger partial charge in [-0.2, -0.15) is 0 Å². The zero-order valence-electron chi connectivity index (χ0n) is 18.1. The fraction of sp³-hybridized carbons (Fsp3) is 0.318. The third-order valence-corrected chi connectivity index (χ3v) is 6.48. The molecule has 3 aromatic rings. The highest BCUT2D eigenvalue weighted by molar-refractivity contribution is 6.44. The molecule has 0 unspecified atom stereocenters. The summed E-state index contributed by atoms with van der Waals surface area (Å²) in [5.74, 6) is -2.62. The third kappa shape index (κ3) is 3.57. The minimum Gasteiger partial charge on any atom is -0.376 e. The van der Waals surface area contributed by atoms with E-state index in [1.807, 2.05) is 0 Å². The predicted octanol–water partition coefficient (Wildman–Crippen LogP) is 2.13. The van der Waals surface area contributed by atoms with Gasteiger partial charge in [-0.05, 0) is 43.5 Å². The Kier molecular flexibility index (Phi) is 5.45. The first kappa shape index (κ1) is 22.2. The maximum atomic E-state index is 13.5. The number of fused-ring (bicyclic) bond motifs is 1. The fourth-order valence-corrected chi connectivity index (χ4v) is 4.67. The Labute approximate surface area is 197 Å². The first-order valence-corrected chi connectivity index (χ1v) is 11.0. The maximum absolute atomic E-state index is 13.5. The molecule has 0 aliphatic carbocycles. The van der Waals surface area contributed by atoms with Crippen LogP contribution in [0.5, 0.6) is 0 Å². The smallest absolute Gasteiger partial charge is 0.293 e. The van der Waals surface area contributed by atoms with Gasteiger partial charge in [0, 0.05) is 24.1 Å². The largest absolute Gasteiger partial charge is 0.376 e. The molecular formula is C22H20ClFN6O4. The Hall–Kier alpha value is -3.57. The van der Waals surface area contributed by atoms with Crippen LogP contribution < -0.4 is 10.6 Å². The Morgan fingerprint density at radius 2 is 2.09 bits per heavy atom. The van der Waals surface area contributed by atoms with Crippen molar-refractivity contribution in [1.82, 2.24) is 25.3 Å². The van der Waals surface area contributed by atoms with Gasteiger partial charge in [-0.25, -0.2) is 4.39 Å². The van der Waals surface area contributed by atoms with E-state index in [1.54, 1.807) is 17.7 Å². The second-order valence-electron chi connectivity index (χ2n) is 8.35. The number of rotatable bonds is 6. The molecule has 2 aliphatic heterocycles. The Bertz CT molecular complexity index is 1320. The number of aromatic nitrogens is 4. The number of anilines is 1. The van der Waals surface area contributed by atoms with E-state index in [2.05, 4.69) is 26.0 Å². The molecule has 0 spiro atoms. The lowest BCUT2D eigenvalue weighted by Crippen LogP contribution is -2.60. The fourth-order valence-electron chi connectivity index (χ4n) is 4.49. The molecule has 4 heterocycles. The van der Waals surface area contributed by atoms with Gasteiger partial charge >= 0.3 is 0 Å². The number of carbonyl (C=O) groups is 3. The zero-order valence-corrected chi connectivity index (χ0v) is 18.8. The van der Waals surface area contributed by atoms with Crippen LogP contribution >= 0.6 is 11.6 Å². The molecule has 2 amide bonds. The van der Waals surface area contributed by atoms with Crippen LogP contribution in [-0.2, 0) is 28.0 Å². The average molecular weight is 487 g/mol. The molecule has 3 N–H and O–H groups in total. The van der Waals surface area contributed by atoms with Crippen molar-refractivity contribution < 1.29 is 23.5 Å². The van der Waals surface area contributed by atoms with Gasteiger partial charge in [0.15, 0.2) is 0 Å². The van der Waals surface area contributed by atoms with Crippen molar-refractivity contribution in [3.63, 3.8) is 0 Å². The number of hydrogen-bond acceptors (Lipinski definition) is 6. The number of nitrogens with zero attached hydrogens (tertiary/aromatic N) is 3. The molecule has 2 aromatic heterocycles. The summed E-state index contributed by atoms with van der Waals surface area (Å²) >= 11 is 5.82. The van der Waals surface area contributed by atoms with Crippen molar-refractivity contribution in [1.29, 1.82) is 0 Å². The molecule has 1 fully saturated rings. The third-order valence-electron chi connectivity index (χ3n) is 6.19. The molecule has 0 radical (unpaired) electrons. The van der Waals surface area contributed by atoms with Gasteiger partial charge in [0.25, 0.3) is 17.6 Å². The minimum absolute atomic E-state index is 0.122. The van der Waals surface area contributed by atoms with Crippen LogP contribution in [-0.4, -0.2) is 50.8 Å². The predicted molar refractivity (Wildman–Crippen MR) is 118 cm³/mol.